The van der Waals surface area contributed by atoms with Crippen molar-refractivity contribution in [2.75, 3.05) is 25.9 Å². The SMILES string of the molecule is CNCCCCS(=O)(=O)NCCc1nccn1C. The van der Waals surface area contributed by atoms with Gasteiger partial charge >= 0.3 is 0 Å². The van der Waals surface area contributed by atoms with E-state index in [4.69, 9.17) is 0 Å². The molecule has 1 aromatic rings. The van der Waals surface area contributed by atoms with Gasteiger partial charge in [0, 0.05) is 32.4 Å². The Morgan fingerprint density at radius 1 is 1.33 bits per heavy atom. The first kappa shape index (κ1) is 15.1. The van der Waals surface area contributed by atoms with E-state index in [0.717, 1.165) is 18.8 Å². The molecule has 0 atom stereocenters. The molecule has 0 bridgehead atoms. The number of nitrogens with zero attached hydrogens (tertiary/aromatic N) is 2. The summed E-state index contributed by atoms with van der Waals surface area (Å²) in [5.74, 6) is 1.07. The standard InChI is InChI=1S/C11H22N4O2S/c1-12-6-3-4-10-18(16,17)14-7-5-11-13-8-9-15(11)2/h8-9,12,14H,3-7,10H2,1-2H3. The predicted octanol–water partition coefficient (Wildman–Crippen LogP) is -0.118. The first-order valence-corrected chi connectivity index (χ1v) is 7.78. The highest BCUT2D eigenvalue weighted by Crippen LogP contribution is 1.97. The molecule has 0 aliphatic heterocycles. The summed E-state index contributed by atoms with van der Waals surface area (Å²) in [4.78, 5) is 4.14. The predicted molar refractivity (Wildman–Crippen MR) is 71.9 cm³/mol. The van der Waals surface area contributed by atoms with Crippen molar-refractivity contribution in [1.29, 1.82) is 0 Å². The van der Waals surface area contributed by atoms with E-state index < -0.39 is 10.0 Å². The molecule has 7 heteroatoms. The zero-order valence-corrected chi connectivity index (χ0v) is 11.8. The molecule has 104 valence electrons. The van der Waals surface area contributed by atoms with Gasteiger partial charge in [0.05, 0.1) is 5.75 Å². The van der Waals surface area contributed by atoms with Gasteiger partial charge in [-0.05, 0) is 26.4 Å². The van der Waals surface area contributed by atoms with E-state index in [0.29, 0.717) is 19.4 Å². The fraction of sp³-hybridized carbons (Fsp3) is 0.727. The van der Waals surface area contributed by atoms with Gasteiger partial charge in [0.2, 0.25) is 10.0 Å². The highest BCUT2D eigenvalue weighted by atomic mass is 32.2. The maximum absolute atomic E-state index is 11.6. The van der Waals surface area contributed by atoms with Crippen LogP contribution < -0.4 is 10.0 Å². The zero-order valence-electron chi connectivity index (χ0n) is 11.0. The average molecular weight is 274 g/mol. The third kappa shape index (κ3) is 5.61. The van der Waals surface area contributed by atoms with E-state index in [1.54, 1.807) is 6.20 Å². The monoisotopic (exact) mass is 274 g/mol. The largest absolute Gasteiger partial charge is 0.338 e. The third-order valence-corrected chi connectivity index (χ3v) is 4.15. The molecule has 0 aromatic carbocycles. The van der Waals surface area contributed by atoms with Crippen LogP contribution in [0.1, 0.15) is 18.7 Å². The van der Waals surface area contributed by atoms with E-state index >= 15 is 0 Å². The number of imidazole rings is 1. The summed E-state index contributed by atoms with van der Waals surface area (Å²) >= 11 is 0. The minimum Gasteiger partial charge on any atom is -0.338 e. The van der Waals surface area contributed by atoms with Gasteiger partial charge in [-0.15, -0.1) is 0 Å². The van der Waals surface area contributed by atoms with Gasteiger partial charge in [0.25, 0.3) is 0 Å². The maximum Gasteiger partial charge on any atom is 0.211 e. The highest BCUT2D eigenvalue weighted by Gasteiger charge is 2.09. The second-order valence-electron chi connectivity index (χ2n) is 4.23. The van der Waals surface area contributed by atoms with Crippen molar-refractivity contribution < 1.29 is 8.42 Å². The van der Waals surface area contributed by atoms with Crippen molar-refractivity contribution in [3.8, 4) is 0 Å². The van der Waals surface area contributed by atoms with Crippen LogP contribution in [0.25, 0.3) is 0 Å². The summed E-state index contributed by atoms with van der Waals surface area (Å²) in [7, 11) is 0.615. The number of nitrogens with one attached hydrogen (secondary N) is 2. The molecule has 1 heterocycles. The Morgan fingerprint density at radius 2 is 2.11 bits per heavy atom. The van der Waals surface area contributed by atoms with Crippen LogP contribution in [0, 0.1) is 0 Å². The molecule has 0 saturated carbocycles. The lowest BCUT2D eigenvalue weighted by atomic mass is 10.3. The molecule has 0 radical (unpaired) electrons. The normalized spacial score (nSPS) is 11.9. The quantitative estimate of drug-likeness (QED) is 0.616. The van der Waals surface area contributed by atoms with Crippen LogP contribution in [-0.4, -0.2) is 43.9 Å². The fourth-order valence-corrected chi connectivity index (χ4v) is 2.76. The number of unbranched alkanes of at least 4 members (excludes halogenated alkanes) is 1. The Balaban J connectivity index is 2.23. The lowest BCUT2D eigenvalue weighted by Gasteiger charge is -2.06. The second-order valence-corrected chi connectivity index (χ2v) is 6.15. The van der Waals surface area contributed by atoms with E-state index in [2.05, 4.69) is 15.0 Å². The van der Waals surface area contributed by atoms with Crippen LogP contribution in [0.15, 0.2) is 12.4 Å². The molecular weight excluding hydrogens is 252 g/mol. The Labute approximate surface area is 109 Å². The lowest BCUT2D eigenvalue weighted by molar-refractivity contribution is 0.574. The summed E-state index contributed by atoms with van der Waals surface area (Å²) in [5, 5.41) is 3.00. The van der Waals surface area contributed by atoms with Crippen LogP contribution in [0.5, 0.6) is 0 Å². The Kier molecular flexibility index (Phi) is 6.31. The maximum atomic E-state index is 11.6. The summed E-state index contributed by atoms with van der Waals surface area (Å²) < 4.78 is 27.8. The first-order valence-electron chi connectivity index (χ1n) is 6.13. The Morgan fingerprint density at radius 3 is 2.72 bits per heavy atom. The summed E-state index contributed by atoms with van der Waals surface area (Å²) in [5.41, 5.74) is 0. The van der Waals surface area contributed by atoms with E-state index in [-0.39, 0.29) is 5.75 Å². The van der Waals surface area contributed by atoms with Gasteiger partial charge in [0.1, 0.15) is 5.82 Å². The van der Waals surface area contributed by atoms with Gasteiger partial charge < -0.3 is 9.88 Å². The molecule has 0 saturated heterocycles. The molecule has 0 fully saturated rings. The number of aromatic nitrogens is 2. The Bertz CT molecular complexity index is 442. The van der Waals surface area contributed by atoms with E-state index in [1.807, 2.05) is 24.9 Å². The molecular formula is C11H22N4O2S. The van der Waals surface area contributed by atoms with Gasteiger partial charge in [-0.2, -0.15) is 0 Å². The van der Waals surface area contributed by atoms with E-state index in [9.17, 15) is 8.42 Å². The molecule has 0 unspecified atom stereocenters. The Hall–Kier alpha value is -0.920. The van der Waals surface area contributed by atoms with Crippen molar-refractivity contribution in [1.82, 2.24) is 19.6 Å². The topological polar surface area (TPSA) is 76.0 Å². The van der Waals surface area contributed by atoms with Crippen molar-refractivity contribution in [3.05, 3.63) is 18.2 Å². The van der Waals surface area contributed by atoms with Crippen molar-refractivity contribution in [2.45, 2.75) is 19.3 Å². The molecule has 18 heavy (non-hydrogen) atoms. The van der Waals surface area contributed by atoms with Gasteiger partial charge in [-0.25, -0.2) is 18.1 Å². The van der Waals surface area contributed by atoms with Crippen LogP contribution in [0.3, 0.4) is 0 Å². The number of rotatable bonds is 9. The van der Waals surface area contributed by atoms with Crippen LogP contribution in [-0.2, 0) is 23.5 Å². The summed E-state index contributed by atoms with van der Waals surface area (Å²) in [6.45, 7) is 1.25. The lowest BCUT2D eigenvalue weighted by Crippen LogP contribution is -2.29. The molecule has 0 aliphatic carbocycles. The van der Waals surface area contributed by atoms with E-state index in [1.165, 1.54) is 0 Å². The highest BCUT2D eigenvalue weighted by molar-refractivity contribution is 7.89. The summed E-state index contributed by atoms with van der Waals surface area (Å²) in [6, 6.07) is 0. The third-order valence-electron chi connectivity index (χ3n) is 2.68. The molecule has 0 aliphatic rings. The molecule has 1 aromatic heterocycles. The fourth-order valence-electron chi connectivity index (χ4n) is 1.62. The summed E-state index contributed by atoms with van der Waals surface area (Å²) in [6.07, 6.45) is 5.72. The minimum absolute atomic E-state index is 0.190. The van der Waals surface area contributed by atoms with Gasteiger partial charge in [-0.1, -0.05) is 0 Å². The average Bonchev–Trinajstić information content (AvgIpc) is 2.71. The van der Waals surface area contributed by atoms with Gasteiger partial charge in [0.15, 0.2) is 0 Å². The number of hydrogen-bond donors (Lipinski definition) is 2. The van der Waals surface area contributed by atoms with Crippen molar-refractivity contribution in [3.63, 3.8) is 0 Å². The molecule has 0 spiro atoms. The number of sulfonamides is 1. The van der Waals surface area contributed by atoms with Crippen LogP contribution >= 0.6 is 0 Å². The zero-order chi connectivity index (χ0) is 13.4. The minimum atomic E-state index is -3.14. The molecule has 0 amide bonds. The molecule has 1 rings (SSSR count). The van der Waals surface area contributed by atoms with Crippen molar-refractivity contribution in [2.24, 2.45) is 7.05 Å². The van der Waals surface area contributed by atoms with Crippen LogP contribution in [0.4, 0.5) is 0 Å². The van der Waals surface area contributed by atoms with Crippen LogP contribution in [0.2, 0.25) is 0 Å². The molecule has 6 nitrogen and oxygen atoms in total. The van der Waals surface area contributed by atoms with Gasteiger partial charge in [-0.3, -0.25) is 0 Å². The second kappa shape index (κ2) is 7.50. The molecule has 2 N–H and O–H groups in total. The number of aryl methyl sites for hydroxylation is 1. The smallest absolute Gasteiger partial charge is 0.211 e. The van der Waals surface area contributed by atoms with Crippen molar-refractivity contribution >= 4 is 10.0 Å². The first-order chi connectivity index (χ1) is 8.55. The number of hydrogen-bond acceptors (Lipinski definition) is 4.